The Morgan fingerprint density at radius 2 is 1.93 bits per heavy atom. The summed E-state index contributed by atoms with van der Waals surface area (Å²) in [7, 11) is -3.08. The molecule has 0 spiro atoms. The third-order valence-corrected chi connectivity index (χ3v) is 7.92. The number of halogens is 3. The second-order valence-electron chi connectivity index (χ2n) is 8.90. The van der Waals surface area contributed by atoms with Crippen molar-refractivity contribution in [3.63, 3.8) is 0 Å². The third kappa shape index (κ3) is 5.70. The molecule has 0 saturated heterocycles. The lowest BCUT2D eigenvalue weighted by molar-refractivity contribution is -0.141. The number of aromatic nitrogens is 2. The molecular formula is C20H28F3N3O3S. The van der Waals surface area contributed by atoms with Gasteiger partial charge in [-0.3, -0.25) is 4.79 Å². The normalized spacial score (nSPS) is 24.4. The lowest BCUT2D eigenvalue weighted by atomic mass is 9.60. The number of amides is 1. The van der Waals surface area contributed by atoms with Crippen LogP contribution in [0.25, 0.3) is 0 Å². The van der Waals surface area contributed by atoms with Crippen molar-refractivity contribution >= 4 is 15.7 Å². The van der Waals surface area contributed by atoms with Crippen LogP contribution < -0.4 is 5.32 Å². The summed E-state index contributed by atoms with van der Waals surface area (Å²) in [5, 5.41) is 2.65. The smallest absolute Gasteiger partial charge is 0.351 e. The first-order valence-electron chi connectivity index (χ1n) is 10.3. The van der Waals surface area contributed by atoms with Gasteiger partial charge < -0.3 is 5.32 Å². The van der Waals surface area contributed by atoms with Crippen molar-refractivity contribution in [1.82, 2.24) is 15.3 Å². The average molecular weight is 448 g/mol. The molecule has 6 nitrogen and oxygen atoms in total. The number of hydrogen-bond acceptors (Lipinski definition) is 5. The van der Waals surface area contributed by atoms with E-state index in [4.69, 9.17) is 0 Å². The van der Waals surface area contributed by atoms with Gasteiger partial charge in [0.05, 0.1) is 11.3 Å². The molecule has 0 atom stereocenters. The van der Waals surface area contributed by atoms with E-state index in [9.17, 15) is 26.4 Å². The van der Waals surface area contributed by atoms with E-state index in [1.807, 2.05) is 6.92 Å². The molecule has 0 bridgehead atoms. The molecular weight excluding hydrogens is 419 g/mol. The number of hydrogen-bond donors (Lipinski definition) is 1. The number of aryl methyl sites for hydroxylation is 1. The molecule has 2 aliphatic carbocycles. The van der Waals surface area contributed by atoms with Gasteiger partial charge in [-0.15, -0.1) is 0 Å². The number of nitrogens with zero attached hydrogens (tertiary/aromatic N) is 2. The maximum Gasteiger partial charge on any atom is 0.434 e. The second kappa shape index (κ2) is 8.43. The van der Waals surface area contributed by atoms with Crippen LogP contribution >= 0.6 is 0 Å². The lowest BCUT2D eigenvalue weighted by Gasteiger charge is -2.48. The van der Waals surface area contributed by atoms with Gasteiger partial charge in [0, 0.05) is 18.5 Å². The molecule has 2 aliphatic rings. The number of rotatable bonds is 9. The van der Waals surface area contributed by atoms with Crippen molar-refractivity contribution < 1.29 is 26.4 Å². The third-order valence-electron chi connectivity index (χ3n) is 5.91. The monoisotopic (exact) mass is 447 g/mol. The predicted molar refractivity (Wildman–Crippen MR) is 106 cm³/mol. The van der Waals surface area contributed by atoms with E-state index in [0.29, 0.717) is 25.2 Å². The Morgan fingerprint density at radius 3 is 2.50 bits per heavy atom. The summed E-state index contributed by atoms with van der Waals surface area (Å²) < 4.78 is 64.0. The molecule has 30 heavy (non-hydrogen) atoms. The largest absolute Gasteiger partial charge is 0.434 e. The Bertz CT molecular complexity index is 892. The van der Waals surface area contributed by atoms with Crippen LogP contribution in [0.3, 0.4) is 0 Å². The van der Waals surface area contributed by atoms with Gasteiger partial charge in [-0.2, -0.15) is 13.2 Å². The van der Waals surface area contributed by atoms with Crippen molar-refractivity contribution in [1.29, 1.82) is 0 Å². The van der Waals surface area contributed by atoms with Crippen LogP contribution in [0.2, 0.25) is 0 Å². The van der Waals surface area contributed by atoms with Crippen molar-refractivity contribution in [3.8, 4) is 0 Å². The van der Waals surface area contributed by atoms with E-state index in [-0.39, 0.29) is 35.2 Å². The van der Waals surface area contributed by atoms with Crippen LogP contribution in [-0.2, 0) is 16.0 Å². The molecule has 0 unspecified atom stereocenters. The van der Waals surface area contributed by atoms with Gasteiger partial charge in [0.1, 0.15) is 5.82 Å². The van der Waals surface area contributed by atoms with Gasteiger partial charge in [-0.05, 0) is 49.9 Å². The van der Waals surface area contributed by atoms with Crippen LogP contribution in [0.15, 0.2) is 6.20 Å². The highest BCUT2D eigenvalue weighted by atomic mass is 32.2. The molecule has 1 N–H and O–H groups in total. The Kier molecular flexibility index (Phi) is 6.46. The summed E-state index contributed by atoms with van der Waals surface area (Å²) in [6, 6.07) is 0. The van der Waals surface area contributed by atoms with Crippen LogP contribution in [0.4, 0.5) is 13.2 Å². The fourth-order valence-electron chi connectivity index (χ4n) is 4.57. The minimum Gasteiger partial charge on any atom is -0.351 e. The maximum atomic E-state index is 13.3. The Hall–Kier alpha value is -1.71. The molecule has 1 heterocycles. The Balaban J connectivity index is 1.66. The molecule has 2 fully saturated rings. The summed E-state index contributed by atoms with van der Waals surface area (Å²) in [5.41, 5.74) is -2.07. The number of alkyl halides is 3. The summed E-state index contributed by atoms with van der Waals surface area (Å²) in [6.45, 7) is 3.40. The molecule has 1 aromatic rings. The van der Waals surface area contributed by atoms with E-state index in [1.165, 1.54) is 6.92 Å². The van der Waals surface area contributed by atoms with E-state index in [2.05, 4.69) is 15.3 Å². The van der Waals surface area contributed by atoms with Crippen LogP contribution in [0, 0.1) is 24.2 Å². The fourth-order valence-corrected chi connectivity index (χ4v) is 6.31. The molecule has 2 saturated carbocycles. The number of sulfone groups is 1. The predicted octanol–water partition coefficient (Wildman–Crippen LogP) is 3.55. The van der Waals surface area contributed by atoms with Gasteiger partial charge >= 0.3 is 6.18 Å². The number of carbonyl (C=O) groups is 1. The zero-order valence-electron chi connectivity index (χ0n) is 17.3. The molecule has 0 aliphatic heterocycles. The lowest BCUT2D eigenvalue weighted by Crippen LogP contribution is -2.48. The topological polar surface area (TPSA) is 89.0 Å². The molecule has 1 amide bonds. The van der Waals surface area contributed by atoms with Crippen molar-refractivity contribution in [2.24, 2.45) is 17.3 Å². The van der Waals surface area contributed by atoms with Crippen LogP contribution in [0.5, 0.6) is 0 Å². The highest BCUT2D eigenvalue weighted by molar-refractivity contribution is 7.91. The average Bonchev–Trinajstić information content (AvgIpc) is 3.40. The number of nitrogens with one attached hydrogen (secondary N) is 1. The summed E-state index contributed by atoms with van der Waals surface area (Å²) >= 11 is 0. The zero-order valence-corrected chi connectivity index (χ0v) is 18.1. The maximum absolute atomic E-state index is 13.3. The standard InChI is InChI=1S/C20H28F3N3O3S/c1-3-6-30(28,29)11-15-8-19(9-15,7-14-4-5-14)12-25-18(27)16-10-24-13(2)26-17(16)20(21,22)23/h10,14-15H,3-9,11-12H2,1-2H3,(H,25,27)/t15-,19+. The molecule has 1 aromatic heterocycles. The summed E-state index contributed by atoms with van der Waals surface area (Å²) in [5.74, 6) is 0.0160. The van der Waals surface area contributed by atoms with Crippen molar-refractivity contribution in [3.05, 3.63) is 23.3 Å². The fraction of sp³-hybridized carbons (Fsp3) is 0.750. The quantitative estimate of drug-likeness (QED) is 0.625. The molecule has 0 aromatic carbocycles. The second-order valence-corrected chi connectivity index (χ2v) is 11.1. The first-order chi connectivity index (χ1) is 13.9. The number of carbonyl (C=O) groups excluding carboxylic acids is 1. The highest BCUT2D eigenvalue weighted by Gasteiger charge is 2.48. The SMILES string of the molecule is CCCS(=O)(=O)C[C@H]1C[C@](CNC(=O)c2cnc(C)nc2C(F)(F)F)(CC2CC2)C1. The van der Waals surface area contributed by atoms with Gasteiger partial charge in [-0.25, -0.2) is 18.4 Å². The van der Waals surface area contributed by atoms with Crippen LogP contribution in [0.1, 0.15) is 67.3 Å². The molecule has 168 valence electrons. The van der Waals surface area contributed by atoms with Gasteiger partial charge in [-0.1, -0.05) is 19.8 Å². The zero-order chi connectivity index (χ0) is 22.2. The van der Waals surface area contributed by atoms with Gasteiger partial charge in [0.2, 0.25) is 0 Å². The highest BCUT2D eigenvalue weighted by Crippen LogP contribution is 2.54. The van der Waals surface area contributed by atoms with Crippen molar-refractivity contribution in [2.45, 2.75) is 58.5 Å². The van der Waals surface area contributed by atoms with E-state index in [1.54, 1.807) is 0 Å². The first-order valence-corrected chi connectivity index (χ1v) is 12.1. The van der Waals surface area contributed by atoms with Crippen LogP contribution in [-0.4, -0.2) is 42.3 Å². The molecule has 3 rings (SSSR count). The minimum absolute atomic E-state index is 0.0469. The summed E-state index contributed by atoms with van der Waals surface area (Å²) in [6.07, 6.45) is 1.17. The Morgan fingerprint density at radius 1 is 1.27 bits per heavy atom. The molecule has 10 heteroatoms. The van der Waals surface area contributed by atoms with Crippen molar-refractivity contribution in [2.75, 3.05) is 18.1 Å². The molecule has 0 radical (unpaired) electrons. The summed E-state index contributed by atoms with van der Waals surface area (Å²) in [4.78, 5) is 19.7. The van der Waals surface area contributed by atoms with E-state index in [0.717, 1.165) is 25.5 Å². The van der Waals surface area contributed by atoms with Gasteiger partial charge in [0.15, 0.2) is 15.5 Å². The van der Waals surface area contributed by atoms with E-state index < -0.39 is 33.2 Å². The van der Waals surface area contributed by atoms with E-state index >= 15 is 0 Å². The first kappa shape index (κ1) is 23.0. The Labute approximate surface area is 175 Å². The minimum atomic E-state index is -4.75. The van der Waals surface area contributed by atoms with Gasteiger partial charge in [0.25, 0.3) is 5.91 Å².